The van der Waals surface area contributed by atoms with Crippen LogP contribution in [0, 0.1) is 0 Å². The van der Waals surface area contributed by atoms with Crippen molar-refractivity contribution < 1.29 is 4.79 Å². The van der Waals surface area contributed by atoms with Crippen molar-refractivity contribution in [2.75, 3.05) is 0 Å². The van der Waals surface area contributed by atoms with Crippen LogP contribution >= 0.6 is 0 Å². The van der Waals surface area contributed by atoms with Gasteiger partial charge in [0.25, 0.3) is 5.91 Å². The van der Waals surface area contributed by atoms with Gasteiger partial charge in [-0.3, -0.25) is 9.78 Å². The van der Waals surface area contributed by atoms with Crippen molar-refractivity contribution in [2.24, 2.45) is 5.73 Å². The zero-order valence-corrected chi connectivity index (χ0v) is 13.6. The van der Waals surface area contributed by atoms with Crippen molar-refractivity contribution in [3.05, 3.63) is 90.3 Å². The Bertz CT molecular complexity index is 1030. The van der Waals surface area contributed by atoms with Gasteiger partial charge in [-0.05, 0) is 23.8 Å². The number of primary amides is 1. The standard InChI is InChI=1S/C21H17N3O/c22-21(25)18-8-4-7-17-11-12-24(20(17)18)14-15-9-10-19(23-13-15)16-5-2-1-3-6-16/h1-13H,14H2,(H2,22,25). The van der Waals surface area contributed by atoms with Gasteiger partial charge in [0.1, 0.15) is 0 Å². The molecule has 0 fully saturated rings. The van der Waals surface area contributed by atoms with Gasteiger partial charge < -0.3 is 10.3 Å². The lowest BCUT2D eigenvalue weighted by Gasteiger charge is -2.09. The van der Waals surface area contributed by atoms with E-state index < -0.39 is 5.91 Å². The number of aromatic nitrogens is 2. The number of pyridine rings is 1. The molecule has 0 spiro atoms. The Morgan fingerprint density at radius 2 is 1.80 bits per heavy atom. The molecule has 0 unspecified atom stereocenters. The van der Waals surface area contributed by atoms with Gasteiger partial charge in [-0.1, -0.05) is 48.5 Å². The highest BCUT2D eigenvalue weighted by atomic mass is 16.1. The summed E-state index contributed by atoms with van der Waals surface area (Å²) in [6, 6.07) is 21.7. The summed E-state index contributed by atoms with van der Waals surface area (Å²) < 4.78 is 2.04. The summed E-state index contributed by atoms with van der Waals surface area (Å²) in [5.74, 6) is -0.414. The number of nitrogens with two attached hydrogens (primary N) is 1. The molecule has 0 saturated heterocycles. The number of rotatable bonds is 4. The first-order valence-electron chi connectivity index (χ1n) is 8.10. The van der Waals surface area contributed by atoms with Crippen LogP contribution in [-0.4, -0.2) is 15.5 Å². The highest BCUT2D eigenvalue weighted by Crippen LogP contribution is 2.22. The Morgan fingerprint density at radius 1 is 0.960 bits per heavy atom. The van der Waals surface area contributed by atoms with Crippen molar-refractivity contribution in [1.29, 1.82) is 0 Å². The van der Waals surface area contributed by atoms with Crippen LogP contribution in [0.25, 0.3) is 22.2 Å². The lowest BCUT2D eigenvalue weighted by atomic mass is 10.1. The largest absolute Gasteiger partial charge is 0.366 e. The number of carbonyl (C=O) groups is 1. The SMILES string of the molecule is NC(=O)c1cccc2ccn(Cc3ccc(-c4ccccc4)nc3)c12. The molecule has 4 aromatic rings. The number of hydrogen-bond acceptors (Lipinski definition) is 2. The average molecular weight is 327 g/mol. The van der Waals surface area contributed by atoms with E-state index in [0.717, 1.165) is 27.7 Å². The van der Waals surface area contributed by atoms with E-state index >= 15 is 0 Å². The zero-order valence-electron chi connectivity index (χ0n) is 13.6. The second-order valence-corrected chi connectivity index (χ2v) is 5.97. The summed E-state index contributed by atoms with van der Waals surface area (Å²) in [5, 5.41) is 1.00. The molecule has 2 aromatic carbocycles. The molecule has 0 aliphatic rings. The van der Waals surface area contributed by atoms with Crippen LogP contribution in [0.2, 0.25) is 0 Å². The normalized spacial score (nSPS) is 10.9. The molecule has 4 nitrogen and oxygen atoms in total. The van der Waals surface area contributed by atoms with E-state index in [0.29, 0.717) is 12.1 Å². The van der Waals surface area contributed by atoms with Crippen LogP contribution in [0.15, 0.2) is 79.1 Å². The smallest absolute Gasteiger partial charge is 0.250 e. The van der Waals surface area contributed by atoms with Gasteiger partial charge in [0.05, 0.1) is 16.8 Å². The van der Waals surface area contributed by atoms with Gasteiger partial charge in [-0.15, -0.1) is 0 Å². The van der Waals surface area contributed by atoms with E-state index in [9.17, 15) is 4.79 Å². The number of carbonyl (C=O) groups excluding carboxylic acids is 1. The molecule has 2 aromatic heterocycles. The highest BCUT2D eigenvalue weighted by molar-refractivity contribution is 6.05. The van der Waals surface area contributed by atoms with E-state index in [4.69, 9.17) is 5.73 Å². The number of para-hydroxylation sites is 1. The molecule has 0 aliphatic heterocycles. The summed E-state index contributed by atoms with van der Waals surface area (Å²) in [5.41, 5.74) is 10.0. The predicted octanol–water partition coefficient (Wildman–Crippen LogP) is 3.85. The van der Waals surface area contributed by atoms with Crippen molar-refractivity contribution in [1.82, 2.24) is 9.55 Å². The van der Waals surface area contributed by atoms with Gasteiger partial charge >= 0.3 is 0 Å². The third-order valence-corrected chi connectivity index (χ3v) is 4.30. The first-order chi connectivity index (χ1) is 12.2. The number of fused-ring (bicyclic) bond motifs is 1. The molecule has 122 valence electrons. The van der Waals surface area contributed by atoms with Crippen molar-refractivity contribution in [3.8, 4) is 11.3 Å². The molecule has 0 radical (unpaired) electrons. The second-order valence-electron chi connectivity index (χ2n) is 5.97. The van der Waals surface area contributed by atoms with Crippen LogP contribution in [0.1, 0.15) is 15.9 Å². The van der Waals surface area contributed by atoms with Crippen molar-refractivity contribution in [3.63, 3.8) is 0 Å². The van der Waals surface area contributed by atoms with Gasteiger partial charge in [0, 0.05) is 29.9 Å². The van der Waals surface area contributed by atoms with Gasteiger partial charge in [0.2, 0.25) is 0 Å². The minimum Gasteiger partial charge on any atom is -0.366 e. The van der Waals surface area contributed by atoms with Crippen molar-refractivity contribution in [2.45, 2.75) is 6.54 Å². The summed E-state index contributed by atoms with van der Waals surface area (Å²) in [4.78, 5) is 16.3. The molecule has 0 saturated carbocycles. The fourth-order valence-electron chi connectivity index (χ4n) is 3.09. The van der Waals surface area contributed by atoms with Gasteiger partial charge in [-0.2, -0.15) is 0 Å². The Hall–Kier alpha value is -3.40. The Balaban J connectivity index is 1.67. The summed E-state index contributed by atoms with van der Waals surface area (Å²) >= 11 is 0. The van der Waals surface area contributed by atoms with Crippen LogP contribution in [0.4, 0.5) is 0 Å². The molecule has 0 atom stereocenters. The second kappa shape index (κ2) is 6.24. The van der Waals surface area contributed by atoms with Crippen LogP contribution in [-0.2, 0) is 6.54 Å². The molecular weight excluding hydrogens is 310 g/mol. The number of hydrogen-bond donors (Lipinski definition) is 1. The number of benzene rings is 2. The summed E-state index contributed by atoms with van der Waals surface area (Å²) in [6.07, 6.45) is 3.85. The first kappa shape index (κ1) is 15.1. The Labute approximate surface area is 145 Å². The molecule has 4 rings (SSSR count). The molecule has 0 aliphatic carbocycles. The van der Waals surface area contributed by atoms with E-state index in [2.05, 4.69) is 11.1 Å². The third kappa shape index (κ3) is 2.90. The summed E-state index contributed by atoms with van der Waals surface area (Å²) in [7, 11) is 0. The fraction of sp³-hybridized carbons (Fsp3) is 0.0476. The molecule has 2 N–H and O–H groups in total. The Morgan fingerprint density at radius 3 is 2.52 bits per heavy atom. The maximum Gasteiger partial charge on any atom is 0.250 e. The zero-order chi connectivity index (χ0) is 17.2. The summed E-state index contributed by atoms with van der Waals surface area (Å²) in [6.45, 7) is 0.635. The minimum absolute atomic E-state index is 0.414. The minimum atomic E-state index is -0.414. The Kier molecular flexibility index (Phi) is 3.78. The van der Waals surface area contributed by atoms with E-state index in [1.165, 1.54) is 0 Å². The van der Waals surface area contributed by atoms with Gasteiger partial charge in [0.15, 0.2) is 0 Å². The number of amides is 1. The quantitative estimate of drug-likeness (QED) is 0.619. The monoisotopic (exact) mass is 327 g/mol. The molecule has 25 heavy (non-hydrogen) atoms. The molecular formula is C21H17N3O. The molecule has 0 bridgehead atoms. The van der Waals surface area contributed by atoms with E-state index in [-0.39, 0.29) is 0 Å². The lowest BCUT2D eigenvalue weighted by Crippen LogP contribution is -2.13. The lowest BCUT2D eigenvalue weighted by molar-refractivity contribution is 0.100. The van der Waals surface area contributed by atoms with E-state index in [1.807, 2.05) is 71.6 Å². The average Bonchev–Trinajstić information content (AvgIpc) is 3.06. The van der Waals surface area contributed by atoms with Crippen molar-refractivity contribution >= 4 is 16.8 Å². The topological polar surface area (TPSA) is 60.9 Å². The molecule has 4 heteroatoms. The maximum atomic E-state index is 11.7. The van der Waals surface area contributed by atoms with E-state index in [1.54, 1.807) is 6.07 Å². The van der Waals surface area contributed by atoms with Gasteiger partial charge in [-0.25, -0.2) is 0 Å². The third-order valence-electron chi connectivity index (χ3n) is 4.30. The predicted molar refractivity (Wildman–Crippen MR) is 99.2 cm³/mol. The first-order valence-corrected chi connectivity index (χ1v) is 8.10. The van der Waals surface area contributed by atoms with Crippen LogP contribution < -0.4 is 5.73 Å². The maximum absolute atomic E-state index is 11.7. The fourth-order valence-corrected chi connectivity index (χ4v) is 3.09. The molecule has 2 heterocycles. The van der Waals surface area contributed by atoms with Crippen LogP contribution in [0.3, 0.4) is 0 Å². The van der Waals surface area contributed by atoms with Crippen LogP contribution in [0.5, 0.6) is 0 Å². The number of nitrogens with zero attached hydrogens (tertiary/aromatic N) is 2. The molecule has 1 amide bonds. The highest BCUT2D eigenvalue weighted by Gasteiger charge is 2.11.